The van der Waals surface area contributed by atoms with Gasteiger partial charge < -0.3 is 5.11 Å². The van der Waals surface area contributed by atoms with E-state index in [2.05, 4.69) is 11.6 Å². The van der Waals surface area contributed by atoms with Crippen molar-refractivity contribution in [2.24, 2.45) is 4.99 Å². The first kappa shape index (κ1) is 8.53. The highest BCUT2D eigenvalue weighted by Gasteiger charge is 2.01. The lowest BCUT2D eigenvalue weighted by Gasteiger charge is -2.01. The molecule has 2 heteroatoms. The van der Waals surface area contributed by atoms with E-state index in [0.717, 1.165) is 5.56 Å². The second kappa shape index (κ2) is 3.72. The smallest absolute Gasteiger partial charge is 0.141 e. The maximum Gasteiger partial charge on any atom is 0.141 e. The molecule has 12 heavy (non-hydrogen) atoms. The molecule has 0 amide bonds. The van der Waals surface area contributed by atoms with E-state index in [0.29, 0.717) is 5.69 Å². The highest BCUT2D eigenvalue weighted by Crippen LogP contribution is 2.30. The van der Waals surface area contributed by atoms with Gasteiger partial charge in [-0.05, 0) is 13.0 Å². The summed E-state index contributed by atoms with van der Waals surface area (Å²) in [6.07, 6.45) is 3.31. The number of aliphatic imine (C=N–C) groups is 1. The molecule has 2 nitrogen and oxygen atoms in total. The van der Waals surface area contributed by atoms with Crippen molar-refractivity contribution in [1.29, 1.82) is 0 Å². The molecule has 0 atom stereocenters. The van der Waals surface area contributed by atoms with Gasteiger partial charge in [-0.25, -0.2) is 0 Å². The molecular formula is C10H11NO. The Morgan fingerprint density at radius 1 is 1.50 bits per heavy atom. The molecule has 1 rings (SSSR count). The van der Waals surface area contributed by atoms with Crippen LogP contribution < -0.4 is 0 Å². The third kappa shape index (κ3) is 1.53. The molecule has 1 aromatic rings. The van der Waals surface area contributed by atoms with Crippen molar-refractivity contribution in [3.63, 3.8) is 0 Å². The molecule has 0 aromatic heterocycles. The summed E-state index contributed by atoms with van der Waals surface area (Å²) >= 11 is 0. The Hall–Kier alpha value is -1.57. The summed E-state index contributed by atoms with van der Waals surface area (Å²) in [7, 11) is 0. The molecule has 0 aliphatic heterocycles. The molecule has 0 saturated carbocycles. The zero-order valence-corrected chi connectivity index (χ0v) is 6.99. The van der Waals surface area contributed by atoms with Gasteiger partial charge >= 0.3 is 0 Å². The lowest BCUT2D eigenvalue weighted by Crippen LogP contribution is -1.75. The van der Waals surface area contributed by atoms with Crippen molar-refractivity contribution in [3.05, 3.63) is 30.3 Å². The summed E-state index contributed by atoms with van der Waals surface area (Å²) < 4.78 is 0. The SMILES string of the molecule is C=Cc1cccc(O)c1N=CC. The van der Waals surface area contributed by atoms with Gasteiger partial charge in [0.2, 0.25) is 0 Å². The van der Waals surface area contributed by atoms with Crippen LogP contribution in [0.1, 0.15) is 12.5 Å². The van der Waals surface area contributed by atoms with Gasteiger partial charge in [-0.2, -0.15) is 0 Å². The Bertz CT molecular complexity index is 316. The third-order valence-electron chi connectivity index (χ3n) is 1.52. The van der Waals surface area contributed by atoms with Crippen LogP contribution in [0.15, 0.2) is 29.8 Å². The minimum Gasteiger partial charge on any atom is -0.506 e. The Kier molecular flexibility index (Phi) is 2.64. The van der Waals surface area contributed by atoms with Gasteiger partial charge in [-0.3, -0.25) is 4.99 Å². The zero-order valence-electron chi connectivity index (χ0n) is 6.99. The number of phenolic OH excluding ortho intramolecular Hbond substituents is 1. The van der Waals surface area contributed by atoms with E-state index in [9.17, 15) is 5.11 Å². The van der Waals surface area contributed by atoms with E-state index in [1.165, 1.54) is 0 Å². The van der Waals surface area contributed by atoms with Crippen molar-refractivity contribution in [2.45, 2.75) is 6.92 Å². The Morgan fingerprint density at radius 3 is 2.83 bits per heavy atom. The van der Waals surface area contributed by atoms with Crippen LogP contribution in [-0.4, -0.2) is 11.3 Å². The van der Waals surface area contributed by atoms with Gasteiger partial charge in [0.15, 0.2) is 0 Å². The Morgan fingerprint density at radius 2 is 2.25 bits per heavy atom. The first-order valence-corrected chi connectivity index (χ1v) is 3.72. The zero-order chi connectivity index (χ0) is 8.97. The van der Waals surface area contributed by atoms with Crippen molar-refractivity contribution in [1.82, 2.24) is 0 Å². The van der Waals surface area contributed by atoms with Gasteiger partial charge in [-0.15, -0.1) is 0 Å². The van der Waals surface area contributed by atoms with E-state index >= 15 is 0 Å². The number of benzene rings is 1. The summed E-state index contributed by atoms with van der Waals surface area (Å²) in [4.78, 5) is 4.03. The molecular weight excluding hydrogens is 150 g/mol. The van der Waals surface area contributed by atoms with Crippen LogP contribution in [-0.2, 0) is 0 Å². The van der Waals surface area contributed by atoms with Crippen LogP contribution >= 0.6 is 0 Å². The lowest BCUT2D eigenvalue weighted by atomic mass is 10.1. The largest absolute Gasteiger partial charge is 0.506 e. The van der Waals surface area contributed by atoms with Gasteiger partial charge in [0.05, 0.1) is 0 Å². The summed E-state index contributed by atoms with van der Waals surface area (Å²) in [6, 6.07) is 5.23. The minimum absolute atomic E-state index is 0.186. The molecule has 0 unspecified atom stereocenters. The van der Waals surface area contributed by atoms with Crippen LogP contribution in [0, 0.1) is 0 Å². The maximum atomic E-state index is 9.39. The molecule has 0 radical (unpaired) electrons. The van der Waals surface area contributed by atoms with Crippen LogP contribution in [0.25, 0.3) is 6.08 Å². The highest BCUT2D eigenvalue weighted by atomic mass is 16.3. The van der Waals surface area contributed by atoms with Crippen molar-refractivity contribution in [3.8, 4) is 5.75 Å². The molecule has 0 fully saturated rings. The summed E-state index contributed by atoms with van der Waals surface area (Å²) in [6.45, 7) is 5.43. The standard InChI is InChI=1S/C10H11NO/c1-3-8-6-5-7-9(12)10(8)11-4-2/h3-7,12H,1H2,2H3. The molecule has 0 aliphatic rings. The second-order valence-electron chi connectivity index (χ2n) is 2.31. The number of para-hydroxylation sites is 1. The summed E-state index contributed by atoms with van der Waals surface area (Å²) in [5, 5.41) is 9.39. The Labute approximate surface area is 71.9 Å². The van der Waals surface area contributed by atoms with E-state index in [1.807, 2.05) is 6.07 Å². The molecule has 0 heterocycles. The normalized spacial score (nSPS) is 10.4. The van der Waals surface area contributed by atoms with Crippen molar-refractivity contribution >= 4 is 18.0 Å². The Balaban J connectivity index is 3.28. The first-order chi connectivity index (χ1) is 5.79. The molecule has 0 aliphatic carbocycles. The number of hydrogen-bond acceptors (Lipinski definition) is 2. The lowest BCUT2D eigenvalue weighted by molar-refractivity contribution is 0.477. The van der Waals surface area contributed by atoms with Gasteiger partial charge in [0.25, 0.3) is 0 Å². The predicted molar refractivity (Wildman–Crippen MR) is 52.0 cm³/mol. The maximum absolute atomic E-state index is 9.39. The van der Waals surface area contributed by atoms with Crippen LogP contribution in [0.2, 0.25) is 0 Å². The van der Waals surface area contributed by atoms with Crippen LogP contribution in [0.4, 0.5) is 5.69 Å². The van der Waals surface area contributed by atoms with E-state index < -0.39 is 0 Å². The van der Waals surface area contributed by atoms with Crippen LogP contribution in [0.3, 0.4) is 0 Å². The van der Waals surface area contributed by atoms with Crippen molar-refractivity contribution in [2.75, 3.05) is 0 Å². The fourth-order valence-corrected chi connectivity index (χ4v) is 0.983. The average Bonchev–Trinajstić information content (AvgIpc) is 2.09. The van der Waals surface area contributed by atoms with E-state index in [4.69, 9.17) is 0 Å². The monoisotopic (exact) mass is 161 g/mol. The van der Waals surface area contributed by atoms with Gasteiger partial charge in [0, 0.05) is 11.8 Å². The van der Waals surface area contributed by atoms with Gasteiger partial charge in [0.1, 0.15) is 11.4 Å². The predicted octanol–water partition coefficient (Wildman–Crippen LogP) is 2.76. The topological polar surface area (TPSA) is 32.6 Å². The second-order valence-corrected chi connectivity index (χ2v) is 2.31. The van der Waals surface area contributed by atoms with E-state index in [-0.39, 0.29) is 5.75 Å². The number of nitrogens with zero attached hydrogens (tertiary/aromatic N) is 1. The van der Waals surface area contributed by atoms with E-state index in [1.54, 1.807) is 31.3 Å². The number of rotatable bonds is 2. The van der Waals surface area contributed by atoms with Crippen molar-refractivity contribution < 1.29 is 5.11 Å². The molecule has 1 N–H and O–H groups in total. The molecule has 1 aromatic carbocycles. The fourth-order valence-electron chi connectivity index (χ4n) is 0.983. The first-order valence-electron chi connectivity index (χ1n) is 3.72. The molecule has 0 spiro atoms. The van der Waals surface area contributed by atoms with Gasteiger partial charge in [-0.1, -0.05) is 24.8 Å². The number of hydrogen-bond donors (Lipinski definition) is 1. The van der Waals surface area contributed by atoms with Crippen LogP contribution in [0.5, 0.6) is 5.75 Å². The number of aromatic hydroxyl groups is 1. The minimum atomic E-state index is 0.186. The quantitative estimate of drug-likeness (QED) is 0.664. The average molecular weight is 161 g/mol. The molecule has 0 bridgehead atoms. The fraction of sp³-hybridized carbons (Fsp3) is 0.100. The summed E-state index contributed by atoms with van der Waals surface area (Å²) in [5.74, 6) is 0.186. The highest BCUT2D eigenvalue weighted by molar-refractivity contribution is 5.73. The molecule has 62 valence electrons. The summed E-state index contributed by atoms with van der Waals surface area (Å²) in [5.41, 5.74) is 1.42. The third-order valence-corrected chi connectivity index (χ3v) is 1.52. The molecule has 0 saturated heterocycles. The number of phenols is 1.